The van der Waals surface area contributed by atoms with E-state index < -0.39 is 0 Å². The lowest BCUT2D eigenvalue weighted by atomic mass is 9.70. The lowest BCUT2D eigenvalue weighted by Gasteiger charge is -2.30. The van der Waals surface area contributed by atoms with Gasteiger partial charge in [-0.1, -0.05) is 224 Å². The van der Waals surface area contributed by atoms with Gasteiger partial charge in [0.1, 0.15) is 5.69 Å². The number of nitrogens with zero attached hydrogens (tertiary/aromatic N) is 2. The lowest BCUT2D eigenvalue weighted by molar-refractivity contribution is 0.794. The fourth-order valence-corrected chi connectivity index (χ4v) is 10.9. The molecule has 2 aromatic heterocycles. The molecule has 13 rings (SSSR count). The Bertz CT molecular complexity index is 3480. The average molecular weight is 787 g/mol. The van der Waals surface area contributed by atoms with Gasteiger partial charge in [-0.15, -0.1) is 0 Å². The zero-order valence-corrected chi connectivity index (χ0v) is 33.8. The standard InChI is InChI=1S/C60H38N2/c1-4-18-40(19-5-1)56-57(42-20-6-2-7-21-42)61-62-58(43-22-8-3-9-23-43)55(49-27-10-11-28-50(49)59(56)62)41-34-32-39(33-35-41)44-36-37-48-47-26-14-17-31-53(47)60(54(48)38-44)51-29-15-12-24-45(51)46-25-13-16-30-52(46)60/h1-38H. The second-order valence-electron chi connectivity index (χ2n) is 16.6. The van der Waals surface area contributed by atoms with Crippen LogP contribution in [0.15, 0.2) is 231 Å². The number of pyridine rings is 1. The molecule has 0 saturated carbocycles. The smallest absolute Gasteiger partial charge is 0.101 e. The fraction of sp³-hybridized carbons (Fsp3) is 0.0167. The van der Waals surface area contributed by atoms with Gasteiger partial charge in [-0.2, -0.15) is 5.10 Å². The summed E-state index contributed by atoms with van der Waals surface area (Å²) in [5.74, 6) is 0. The largest absolute Gasteiger partial charge is 0.231 e. The second-order valence-corrected chi connectivity index (χ2v) is 16.6. The fourth-order valence-electron chi connectivity index (χ4n) is 10.9. The number of hydrogen-bond donors (Lipinski definition) is 0. The third-order valence-electron chi connectivity index (χ3n) is 13.4. The van der Waals surface area contributed by atoms with E-state index in [9.17, 15) is 0 Å². The summed E-state index contributed by atoms with van der Waals surface area (Å²) in [7, 11) is 0. The predicted octanol–water partition coefficient (Wildman–Crippen LogP) is 15.2. The molecule has 11 aromatic rings. The Morgan fingerprint density at radius 2 is 0.742 bits per heavy atom. The zero-order valence-electron chi connectivity index (χ0n) is 33.8. The van der Waals surface area contributed by atoms with Crippen LogP contribution in [0.3, 0.4) is 0 Å². The van der Waals surface area contributed by atoms with E-state index >= 15 is 0 Å². The molecule has 0 radical (unpaired) electrons. The summed E-state index contributed by atoms with van der Waals surface area (Å²) in [6.45, 7) is 0. The molecule has 0 fully saturated rings. The highest BCUT2D eigenvalue weighted by molar-refractivity contribution is 6.15. The minimum atomic E-state index is -0.380. The van der Waals surface area contributed by atoms with Gasteiger partial charge in [-0.05, 0) is 78.2 Å². The number of benzene rings is 9. The van der Waals surface area contributed by atoms with Gasteiger partial charge in [0.2, 0.25) is 0 Å². The molecular weight excluding hydrogens is 749 g/mol. The highest BCUT2D eigenvalue weighted by Gasteiger charge is 2.51. The SMILES string of the molecule is c1ccc(-c2nn3c(-c4ccccc4)c(-c4ccc(-c5ccc6c(c5)C5(c7ccccc7-c7ccccc75)c5ccccc5-6)cc4)c4ccccc4c3c2-c2ccccc2)cc1. The summed E-state index contributed by atoms with van der Waals surface area (Å²) >= 11 is 0. The van der Waals surface area contributed by atoms with Crippen molar-refractivity contribution in [3.63, 3.8) is 0 Å². The van der Waals surface area contributed by atoms with E-state index in [1.807, 2.05) is 0 Å². The van der Waals surface area contributed by atoms with Gasteiger partial charge in [0.05, 0.1) is 16.6 Å². The van der Waals surface area contributed by atoms with Crippen LogP contribution >= 0.6 is 0 Å². The topological polar surface area (TPSA) is 17.3 Å². The van der Waals surface area contributed by atoms with Gasteiger partial charge >= 0.3 is 0 Å². The molecule has 2 heterocycles. The molecule has 0 aliphatic heterocycles. The predicted molar refractivity (Wildman–Crippen MR) is 256 cm³/mol. The van der Waals surface area contributed by atoms with Crippen molar-refractivity contribution in [2.45, 2.75) is 5.41 Å². The Hall–Kier alpha value is -8.07. The highest BCUT2D eigenvalue weighted by atomic mass is 15.2. The van der Waals surface area contributed by atoms with E-state index in [4.69, 9.17) is 5.10 Å². The number of rotatable bonds is 5. The first-order chi connectivity index (χ1) is 30.8. The summed E-state index contributed by atoms with van der Waals surface area (Å²) in [5, 5.41) is 7.93. The normalized spacial score (nSPS) is 13.0. The van der Waals surface area contributed by atoms with Gasteiger partial charge in [-0.3, -0.25) is 0 Å². The Morgan fingerprint density at radius 1 is 0.306 bits per heavy atom. The summed E-state index contributed by atoms with van der Waals surface area (Å²) in [6.07, 6.45) is 0. The molecule has 0 amide bonds. The monoisotopic (exact) mass is 786 g/mol. The van der Waals surface area contributed by atoms with E-state index in [1.165, 1.54) is 66.4 Å². The molecule has 2 heteroatoms. The van der Waals surface area contributed by atoms with Crippen molar-refractivity contribution in [2.75, 3.05) is 0 Å². The van der Waals surface area contributed by atoms with Crippen LogP contribution in [-0.4, -0.2) is 9.61 Å². The molecule has 2 nitrogen and oxygen atoms in total. The first kappa shape index (κ1) is 34.8. The lowest BCUT2D eigenvalue weighted by Crippen LogP contribution is -2.25. The molecule has 0 bridgehead atoms. The Balaban J connectivity index is 1.03. The van der Waals surface area contributed by atoms with E-state index in [2.05, 4.69) is 235 Å². The molecule has 0 saturated heterocycles. The molecule has 2 aliphatic rings. The van der Waals surface area contributed by atoms with Crippen LogP contribution in [0, 0.1) is 0 Å². The van der Waals surface area contributed by atoms with Gasteiger partial charge in [0.25, 0.3) is 0 Å². The Morgan fingerprint density at radius 3 is 1.34 bits per heavy atom. The molecule has 2 aliphatic carbocycles. The van der Waals surface area contributed by atoms with Gasteiger partial charge in [0.15, 0.2) is 0 Å². The van der Waals surface area contributed by atoms with E-state index in [0.717, 1.165) is 50.3 Å². The second kappa shape index (κ2) is 13.5. The first-order valence-corrected chi connectivity index (χ1v) is 21.5. The maximum Gasteiger partial charge on any atom is 0.101 e. The minimum absolute atomic E-state index is 0.380. The highest BCUT2D eigenvalue weighted by Crippen LogP contribution is 2.63. The maximum absolute atomic E-state index is 5.57. The molecule has 9 aromatic carbocycles. The van der Waals surface area contributed by atoms with Crippen molar-refractivity contribution in [2.24, 2.45) is 0 Å². The van der Waals surface area contributed by atoms with Crippen LogP contribution in [-0.2, 0) is 5.41 Å². The van der Waals surface area contributed by atoms with Crippen LogP contribution in [0.5, 0.6) is 0 Å². The number of hydrogen-bond acceptors (Lipinski definition) is 1. The number of aromatic nitrogens is 2. The van der Waals surface area contributed by atoms with E-state index in [0.29, 0.717) is 0 Å². The molecular formula is C60H38N2. The third-order valence-corrected chi connectivity index (χ3v) is 13.4. The van der Waals surface area contributed by atoms with Crippen molar-refractivity contribution in [3.8, 4) is 78.1 Å². The van der Waals surface area contributed by atoms with Crippen molar-refractivity contribution in [3.05, 3.63) is 253 Å². The van der Waals surface area contributed by atoms with Crippen LogP contribution in [0.4, 0.5) is 0 Å². The van der Waals surface area contributed by atoms with Crippen LogP contribution in [0.1, 0.15) is 22.3 Å². The maximum atomic E-state index is 5.57. The Labute approximate surface area is 360 Å². The molecule has 0 atom stereocenters. The van der Waals surface area contributed by atoms with Gasteiger partial charge in [-0.25, -0.2) is 4.52 Å². The van der Waals surface area contributed by atoms with Gasteiger partial charge in [0, 0.05) is 27.6 Å². The quantitative estimate of drug-likeness (QED) is 0.170. The van der Waals surface area contributed by atoms with Crippen molar-refractivity contribution < 1.29 is 0 Å². The average Bonchev–Trinajstić information content (AvgIpc) is 3.99. The number of fused-ring (bicyclic) bond motifs is 13. The summed E-state index contributed by atoms with van der Waals surface area (Å²) in [5.41, 5.74) is 22.7. The molecule has 0 N–H and O–H groups in total. The van der Waals surface area contributed by atoms with Crippen molar-refractivity contribution in [1.29, 1.82) is 0 Å². The minimum Gasteiger partial charge on any atom is -0.231 e. The first-order valence-electron chi connectivity index (χ1n) is 21.5. The van der Waals surface area contributed by atoms with Crippen molar-refractivity contribution >= 4 is 16.3 Å². The van der Waals surface area contributed by atoms with Gasteiger partial charge < -0.3 is 0 Å². The van der Waals surface area contributed by atoms with Crippen LogP contribution in [0.25, 0.3) is 94.4 Å². The summed E-state index contributed by atoms with van der Waals surface area (Å²) in [6, 6.07) is 84.4. The molecule has 1 spiro atoms. The zero-order chi connectivity index (χ0) is 40.8. The van der Waals surface area contributed by atoms with E-state index in [1.54, 1.807) is 0 Å². The molecule has 62 heavy (non-hydrogen) atoms. The molecule has 288 valence electrons. The summed E-state index contributed by atoms with van der Waals surface area (Å²) in [4.78, 5) is 0. The third kappa shape index (κ3) is 4.83. The summed E-state index contributed by atoms with van der Waals surface area (Å²) < 4.78 is 2.22. The Kier molecular flexibility index (Phi) is 7.55. The van der Waals surface area contributed by atoms with Crippen LogP contribution in [0.2, 0.25) is 0 Å². The molecule has 0 unspecified atom stereocenters. The van der Waals surface area contributed by atoms with Crippen LogP contribution < -0.4 is 0 Å². The van der Waals surface area contributed by atoms with Crippen molar-refractivity contribution in [1.82, 2.24) is 9.61 Å². The van der Waals surface area contributed by atoms with E-state index in [-0.39, 0.29) is 5.41 Å².